The van der Waals surface area contributed by atoms with Gasteiger partial charge in [0.2, 0.25) is 0 Å². The molecule has 0 amide bonds. The van der Waals surface area contributed by atoms with Crippen molar-refractivity contribution in [1.82, 2.24) is 24.7 Å². The fraction of sp³-hybridized carbons (Fsp3) is 0.259. The van der Waals surface area contributed by atoms with Gasteiger partial charge in [-0.15, -0.1) is 9.78 Å². The number of nitrogens with two attached hydrogens (primary N) is 1. The van der Waals surface area contributed by atoms with E-state index in [0.29, 0.717) is 17.9 Å². The number of carboxylic acids is 1. The molecule has 1 unspecified atom stereocenters. The summed E-state index contributed by atoms with van der Waals surface area (Å²) in [7, 11) is 0. The molecule has 4 rings (SSSR count). The summed E-state index contributed by atoms with van der Waals surface area (Å²) in [6, 6.07) is 11.3. The third kappa shape index (κ3) is 8.17. The van der Waals surface area contributed by atoms with Crippen molar-refractivity contribution in [2.45, 2.75) is 26.2 Å². The van der Waals surface area contributed by atoms with Gasteiger partial charge < -0.3 is 20.3 Å². The van der Waals surface area contributed by atoms with Crippen LogP contribution in [0.4, 0.5) is 8.78 Å². The van der Waals surface area contributed by atoms with Crippen LogP contribution in [0.1, 0.15) is 42.3 Å². The molecule has 216 valence electrons. The normalized spacial score (nSPS) is 11.2. The third-order valence-electron chi connectivity index (χ3n) is 5.47. The maximum Gasteiger partial charge on any atom is 0.350 e. The summed E-state index contributed by atoms with van der Waals surface area (Å²) in [5, 5.41) is 19.4. The maximum absolute atomic E-state index is 15.8. The van der Waals surface area contributed by atoms with E-state index < -0.39 is 30.1 Å². The largest absolute Gasteiger partial charge is 0.494 e. The predicted molar refractivity (Wildman–Crippen MR) is 145 cm³/mol. The van der Waals surface area contributed by atoms with Gasteiger partial charge in [0.1, 0.15) is 30.7 Å². The number of hydrogen-bond acceptors (Lipinski definition) is 8. The monoisotopic (exact) mass is 569 g/mol. The standard InChI is InChI=1S/C25H25F2N7O3.C2H4O2/c1-2-36-17-13-18(21(27)20(14-17)37-11-8-26)19(12-15-4-6-16(7-5-15)22(28)29)23-32-25(35)34(33-23)24-30-9-3-10-31-24;1-2(3)4/h3-7,9-10,13-14,19H,2,8,11-12H2,1H3,(H3,28,29)(H,32,33,35);1H3,(H,3,4). The van der Waals surface area contributed by atoms with Crippen molar-refractivity contribution in [3.05, 3.63) is 93.7 Å². The number of rotatable bonds is 11. The molecule has 0 aliphatic rings. The molecular formula is C27H29F2N7O5. The molecule has 4 aromatic rings. The fourth-order valence-electron chi connectivity index (χ4n) is 3.79. The molecule has 0 aliphatic heterocycles. The Bertz CT molecular complexity index is 1520. The highest BCUT2D eigenvalue weighted by Crippen LogP contribution is 2.36. The van der Waals surface area contributed by atoms with E-state index in [4.69, 9.17) is 30.5 Å². The van der Waals surface area contributed by atoms with E-state index in [1.165, 1.54) is 24.5 Å². The lowest BCUT2D eigenvalue weighted by Crippen LogP contribution is -2.18. The second kappa shape index (κ2) is 14.3. The molecule has 41 heavy (non-hydrogen) atoms. The highest BCUT2D eigenvalue weighted by Gasteiger charge is 2.27. The first-order chi connectivity index (χ1) is 19.6. The number of carboxylic acid groups (broad SMARTS) is 1. The Morgan fingerprint density at radius 1 is 1.20 bits per heavy atom. The SMILES string of the molecule is CC(=O)O.CCOc1cc(OCCF)c(F)c(C(Cc2ccc(C(=N)N)cc2)c2nn(-c3ncccn3)c(=O)[nH]2)c1. The number of ether oxygens (including phenoxy) is 2. The van der Waals surface area contributed by atoms with Crippen LogP contribution < -0.4 is 20.9 Å². The number of H-pyrrole nitrogens is 1. The molecule has 2 aromatic carbocycles. The van der Waals surface area contributed by atoms with Crippen LogP contribution in [0.2, 0.25) is 0 Å². The topological polar surface area (TPSA) is 182 Å². The van der Waals surface area contributed by atoms with Crippen molar-refractivity contribution in [3.63, 3.8) is 0 Å². The zero-order valence-electron chi connectivity index (χ0n) is 22.3. The third-order valence-corrected chi connectivity index (χ3v) is 5.47. The molecular weight excluding hydrogens is 540 g/mol. The molecule has 2 heterocycles. The minimum absolute atomic E-state index is 0.0510. The Hall–Kier alpha value is -5.14. The van der Waals surface area contributed by atoms with Gasteiger partial charge in [-0.05, 0) is 31.0 Å². The molecule has 2 aromatic heterocycles. The van der Waals surface area contributed by atoms with E-state index in [2.05, 4.69) is 20.1 Å². The van der Waals surface area contributed by atoms with Crippen LogP contribution in [0.5, 0.6) is 11.5 Å². The van der Waals surface area contributed by atoms with Gasteiger partial charge in [0.05, 0.1) is 12.5 Å². The second-order valence-electron chi connectivity index (χ2n) is 8.46. The lowest BCUT2D eigenvalue weighted by molar-refractivity contribution is -0.134. The van der Waals surface area contributed by atoms with Crippen molar-refractivity contribution in [2.24, 2.45) is 5.73 Å². The van der Waals surface area contributed by atoms with Crippen LogP contribution in [-0.2, 0) is 11.2 Å². The quantitative estimate of drug-likeness (QED) is 0.156. The summed E-state index contributed by atoms with van der Waals surface area (Å²) in [5.74, 6) is -2.12. The number of nitrogens with zero attached hydrogens (tertiary/aromatic N) is 4. The summed E-state index contributed by atoms with van der Waals surface area (Å²) >= 11 is 0. The highest BCUT2D eigenvalue weighted by molar-refractivity contribution is 5.94. The van der Waals surface area contributed by atoms with Gasteiger partial charge in [-0.3, -0.25) is 15.2 Å². The van der Waals surface area contributed by atoms with Gasteiger partial charge in [-0.2, -0.15) is 0 Å². The molecule has 0 saturated carbocycles. The van der Waals surface area contributed by atoms with E-state index in [-0.39, 0.29) is 41.9 Å². The van der Waals surface area contributed by atoms with E-state index in [1.807, 2.05) is 0 Å². The van der Waals surface area contributed by atoms with E-state index in [0.717, 1.165) is 17.2 Å². The number of halogens is 2. The number of aromatic amines is 1. The summed E-state index contributed by atoms with van der Waals surface area (Å²) in [4.78, 5) is 32.6. The van der Waals surface area contributed by atoms with E-state index in [9.17, 15) is 9.18 Å². The summed E-state index contributed by atoms with van der Waals surface area (Å²) in [6.45, 7) is 2.04. The van der Waals surface area contributed by atoms with Gasteiger partial charge in [0.15, 0.2) is 11.6 Å². The predicted octanol–water partition coefficient (Wildman–Crippen LogP) is 2.99. The Morgan fingerprint density at radius 2 is 1.85 bits per heavy atom. The molecule has 5 N–H and O–H groups in total. The molecule has 0 aliphatic carbocycles. The zero-order chi connectivity index (χ0) is 29.9. The number of aliphatic carboxylic acids is 1. The Balaban J connectivity index is 0.00000108. The Kier molecular flexibility index (Phi) is 10.6. The lowest BCUT2D eigenvalue weighted by Gasteiger charge is -2.19. The first-order valence-corrected chi connectivity index (χ1v) is 12.4. The molecule has 14 heteroatoms. The van der Waals surface area contributed by atoms with Crippen molar-refractivity contribution in [1.29, 1.82) is 5.41 Å². The van der Waals surface area contributed by atoms with Gasteiger partial charge in [0, 0.05) is 36.5 Å². The highest BCUT2D eigenvalue weighted by atomic mass is 19.1. The minimum atomic E-state index is -0.833. The summed E-state index contributed by atoms with van der Waals surface area (Å²) in [5.41, 5.74) is 6.38. The van der Waals surface area contributed by atoms with Crippen molar-refractivity contribution in [2.75, 3.05) is 19.9 Å². The van der Waals surface area contributed by atoms with Crippen LogP contribution in [-0.4, -0.2) is 61.5 Å². The average Bonchev–Trinajstić information content (AvgIpc) is 3.33. The van der Waals surface area contributed by atoms with Crippen molar-refractivity contribution in [3.8, 4) is 17.4 Å². The summed E-state index contributed by atoms with van der Waals surface area (Å²) < 4.78 is 40.5. The molecule has 0 spiro atoms. The molecule has 0 bridgehead atoms. The molecule has 1 atom stereocenters. The molecule has 0 radical (unpaired) electrons. The van der Waals surface area contributed by atoms with Gasteiger partial charge in [-0.25, -0.2) is 23.5 Å². The Morgan fingerprint density at radius 3 is 2.44 bits per heavy atom. The number of alkyl halides is 1. The van der Waals surface area contributed by atoms with E-state index in [1.54, 1.807) is 37.3 Å². The fourth-order valence-corrected chi connectivity index (χ4v) is 3.79. The van der Waals surface area contributed by atoms with Gasteiger partial charge >= 0.3 is 5.69 Å². The average molecular weight is 570 g/mol. The number of hydrogen-bond donors (Lipinski definition) is 4. The number of amidine groups is 1. The first-order valence-electron chi connectivity index (χ1n) is 12.4. The van der Waals surface area contributed by atoms with Crippen molar-refractivity contribution >= 4 is 11.8 Å². The molecule has 0 saturated heterocycles. The lowest BCUT2D eigenvalue weighted by atomic mass is 9.90. The van der Waals surface area contributed by atoms with E-state index >= 15 is 4.39 Å². The smallest absolute Gasteiger partial charge is 0.350 e. The number of nitrogens with one attached hydrogen (secondary N) is 2. The number of benzene rings is 2. The molecule has 12 nitrogen and oxygen atoms in total. The maximum atomic E-state index is 15.8. The number of aromatic nitrogens is 5. The number of carbonyl (C=O) groups is 1. The number of nitrogen functional groups attached to an aromatic ring is 1. The van der Waals surface area contributed by atoms with Crippen LogP contribution in [0.15, 0.2) is 59.7 Å². The summed E-state index contributed by atoms with van der Waals surface area (Å²) in [6.07, 6.45) is 3.14. The van der Waals surface area contributed by atoms with Crippen molar-refractivity contribution < 1.29 is 28.2 Å². The Labute approximate surface area is 233 Å². The second-order valence-corrected chi connectivity index (χ2v) is 8.46. The van der Waals surface area contributed by atoms with Gasteiger partial charge in [-0.1, -0.05) is 24.3 Å². The molecule has 0 fully saturated rings. The van der Waals surface area contributed by atoms with Crippen LogP contribution in [0.25, 0.3) is 5.95 Å². The van der Waals surface area contributed by atoms with Gasteiger partial charge in [0.25, 0.3) is 11.9 Å². The van der Waals surface area contributed by atoms with Crippen LogP contribution in [0.3, 0.4) is 0 Å². The van der Waals surface area contributed by atoms with Crippen LogP contribution >= 0.6 is 0 Å². The van der Waals surface area contributed by atoms with Crippen LogP contribution in [0, 0.1) is 11.2 Å². The zero-order valence-corrected chi connectivity index (χ0v) is 22.3. The first kappa shape index (κ1) is 30.4. The minimum Gasteiger partial charge on any atom is -0.494 e.